The van der Waals surface area contributed by atoms with E-state index in [9.17, 15) is 18.0 Å². The second kappa shape index (κ2) is 12.9. The Morgan fingerprint density at radius 1 is 0.929 bits per heavy atom. The number of hydrogen-bond acceptors (Lipinski definition) is 5. The fourth-order valence-corrected chi connectivity index (χ4v) is 8.00. The number of halogens is 3. The molecule has 1 unspecified atom stereocenters. The minimum atomic E-state index is -3.83. The zero-order chi connectivity index (χ0) is 30.0. The molecule has 0 radical (unpaired) electrons. The van der Waals surface area contributed by atoms with Crippen molar-refractivity contribution in [3.63, 3.8) is 0 Å². The van der Waals surface area contributed by atoms with E-state index < -0.39 is 21.8 Å². The van der Waals surface area contributed by atoms with Gasteiger partial charge in [0, 0.05) is 34.2 Å². The number of rotatable bonds is 6. The van der Waals surface area contributed by atoms with Crippen LogP contribution in [-0.4, -0.2) is 49.1 Å². The lowest BCUT2D eigenvalue weighted by atomic mass is 9.99. The van der Waals surface area contributed by atoms with Crippen LogP contribution in [0.4, 0.5) is 5.69 Å². The van der Waals surface area contributed by atoms with Crippen LogP contribution in [0.25, 0.3) is 0 Å². The van der Waals surface area contributed by atoms with E-state index in [4.69, 9.17) is 27.9 Å². The number of anilines is 1. The quantitative estimate of drug-likeness (QED) is 0.273. The number of nitrogens with one attached hydrogen (secondary N) is 1. The Bertz CT molecular complexity index is 1610. The topological polar surface area (TPSA) is 96.0 Å². The molecule has 0 aliphatic carbocycles. The molecule has 0 spiro atoms. The van der Waals surface area contributed by atoms with Gasteiger partial charge in [-0.2, -0.15) is 4.31 Å². The Morgan fingerprint density at radius 2 is 1.64 bits per heavy atom. The summed E-state index contributed by atoms with van der Waals surface area (Å²) in [5.74, 6) is -1.18. The molecule has 12 heteroatoms. The van der Waals surface area contributed by atoms with Crippen molar-refractivity contribution < 1.29 is 22.7 Å². The third kappa shape index (κ3) is 6.78. The first-order valence-electron chi connectivity index (χ1n) is 13.7. The molecule has 222 valence electrons. The number of ether oxygens (including phenoxy) is 1. The Kier molecular flexibility index (Phi) is 9.49. The Hall–Kier alpha value is -2.63. The molecule has 5 rings (SSSR count). The van der Waals surface area contributed by atoms with Crippen LogP contribution >= 0.6 is 39.1 Å². The van der Waals surface area contributed by atoms with E-state index in [2.05, 4.69) is 21.2 Å². The summed E-state index contributed by atoms with van der Waals surface area (Å²) >= 11 is 15.8. The molecule has 0 bridgehead atoms. The minimum Gasteiger partial charge on any atom is -0.455 e. The maximum Gasteiger partial charge on any atom is 0.314 e. The molecular formula is C30H30BrCl2N3O5S. The first-order chi connectivity index (χ1) is 20.0. The summed E-state index contributed by atoms with van der Waals surface area (Å²) in [6.45, 7) is 3.25. The second-order valence-electron chi connectivity index (χ2n) is 10.4. The van der Waals surface area contributed by atoms with Gasteiger partial charge in [-0.3, -0.25) is 9.59 Å². The molecule has 0 aromatic heterocycles. The van der Waals surface area contributed by atoms with Crippen molar-refractivity contribution in [3.05, 3.63) is 80.2 Å². The smallest absolute Gasteiger partial charge is 0.314 e. The second-order valence-corrected chi connectivity index (χ2v) is 14.2. The van der Waals surface area contributed by atoms with Gasteiger partial charge < -0.3 is 15.0 Å². The molecule has 0 saturated carbocycles. The normalized spacial score (nSPS) is 17.7. The van der Waals surface area contributed by atoms with Crippen molar-refractivity contribution in [1.29, 1.82) is 0 Å². The van der Waals surface area contributed by atoms with Gasteiger partial charge in [-0.05, 0) is 92.3 Å². The summed E-state index contributed by atoms with van der Waals surface area (Å²) in [5, 5.41) is 3.31. The monoisotopic (exact) mass is 693 g/mol. The standard InChI is InChI=1S/C30H30BrCl2N3O5S/c1-19-14-20(31)7-9-25(19)27-6-5-13-36(27)30(38)29(37)34-26-18-24(42(39,40)35-11-3-2-4-12-35)8-10-28(26)41-23-16-21(32)15-22(33)17-23/h7-10,14-18,27H,2-6,11-13H2,1H3,(H,34,37). The number of carbonyl (C=O) groups excluding carboxylic acids is 2. The van der Waals surface area contributed by atoms with E-state index in [1.165, 1.54) is 34.6 Å². The highest BCUT2D eigenvalue weighted by atomic mass is 79.9. The van der Waals surface area contributed by atoms with Crippen LogP contribution < -0.4 is 10.1 Å². The number of benzene rings is 3. The molecule has 2 saturated heterocycles. The Morgan fingerprint density at radius 3 is 2.33 bits per heavy atom. The fourth-order valence-electron chi connectivity index (χ4n) is 5.48. The van der Waals surface area contributed by atoms with Gasteiger partial charge in [-0.15, -0.1) is 0 Å². The summed E-state index contributed by atoms with van der Waals surface area (Å²) in [6, 6.07) is 14.5. The molecule has 2 aliphatic rings. The summed E-state index contributed by atoms with van der Waals surface area (Å²) < 4.78 is 35.2. The van der Waals surface area contributed by atoms with Crippen molar-refractivity contribution in [3.8, 4) is 11.5 Å². The van der Waals surface area contributed by atoms with E-state index in [1.54, 1.807) is 11.0 Å². The first kappa shape index (κ1) is 30.8. The number of hydrogen-bond donors (Lipinski definition) is 1. The third-order valence-corrected chi connectivity index (χ3v) is 10.3. The van der Waals surface area contributed by atoms with Crippen molar-refractivity contribution >= 4 is 66.7 Å². The summed E-state index contributed by atoms with van der Waals surface area (Å²) in [7, 11) is -3.83. The Labute approximate surface area is 264 Å². The average Bonchev–Trinajstić information content (AvgIpc) is 3.43. The number of carbonyl (C=O) groups is 2. The summed E-state index contributed by atoms with van der Waals surface area (Å²) in [4.78, 5) is 28.5. The van der Waals surface area contributed by atoms with Crippen LogP contribution in [0.1, 0.15) is 49.3 Å². The van der Waals surface area contributed by atoms with E-state index in [0.717, 1.165) is 47.7 Å². The van der Waals surface area contributed by atoms with Crippen LogP contribution in [0.3, 0.4) is 0 Å². The predicted molar refractivity (Wildman–Crippen MR) is 167 cm³/mol. The molecule has 2 heterocycles. The number of likely N-dealkylation sites (tertiary alicyclic amines) is 1. The number of piperidine rings is 1. The van der Waals surface area contributed by atoms with Gasteiger partial charge in [0.15, 0.2) is 5.75 Å². The SMILES string of the molecule is Cc1cc(Br)ccc1C1CCCN1C(=O)C(=O)Nc1cc(S(=O)(=O)N2CCCCC2)ccc1Oc1cc(Cl)cc(Cl)c1. The molecule has 2 fully saturated rings. The zero-order valence-corrected chi connectivity index (χ0v) is 26.8. The zero-order valence-electron chi connectivity index (χ0n) is 22.9. The molecule has 2 aliphatic heterocycles. The van der Waals surface area contributed by atoms with Crippen molar-refractivity contribution in [2.75, 3.05) is 25.0 Å². The highest BCUT2D eigenvalue weighted by Gasteiger charge is 2.35. The van der Waals surface area contributed by atoms with Gasteiger partial charge in [0.2, 0.25) is 10.0 Å². The molecule has 1 N–H and O–H groups in total. The fraction of sp³-hybridized carbons (Fsp3) is 0.333. The van der Waals surface area contributed by atoms with Crippen LogP contribution in [0.5, 0.6) is 11.5 Å². The van der Waals surface area contributed by atoms with Crippen molar-refractivity contribution in [2.45, 2.75) is 50.0 Å². The summed E-state index contributed by atoms with van der Waals surface area (Å²) in [6.07, 6.45) is 4.02. The van der Waals surface area contributed by atoms with Crippen LogP contribution in [0.15, 0.2) is 64.0 Å². The minimum absolute atomic E-state index is 0.00633. The lowest BCUT2D eigenvalue weighted by molar-refractivity contribution is -0.143. The maximum atomic E-state index is 13.5. The van der Waals surface area contributed by atoms with Crippen molar-refractivity contribution in [1.82, 2.24) is 9.21 Å². The van der Waals surface area contributed by atoms with E-state index in [0.29, 0.717) is 29.7 Å². The maximum absolute atomic E-state index is 13.5. The number of nitrogens with zero attached hydrogens (tertiary/aromatic N) is 2. The van der Waals surface area contributed by atoms with Gasteiger partial charge in [-0.1, -0.05) is 51.6 Å². The van der Waals surface area contributed by atoms with E-state index in [-0.39, 0.29) is 28.1 Å². The van der Waals surface area contributed by atoms with Crippen LogP contribution in [0.2, 0.25) is 10.0 Å². The van der Waals surface area contributed by atoms with Gasteiger partial charge in [-0.25, -0.2) is 8.42 Å². The molecule has 8 nitrogen and oxygen atoms in total. The first-order valence-corrected chi connectivity index (χ1v) is 16.7. The van der Waals surface area contributed by atoms with Gasteiger partial charge in [0.1, 0.15) is 5.75 Å². The van der Waals surface area contributed by atoms with E-state index in [1.807, 2.05) is 25.1 Å². The lowest BCUT2D eigenvalue weighted by Crippen LogP contribution is -2.39. The highest BCUT2D eigenvalue weighted by Crippen LogP contribution is 2.37. The molecule has 1 atom stereocenters. The Balaban J connectivity index is 1.45. The number of aryl methyl sites for hydroxylation is 1. The summed E-state index contributed by atoms with van der Waals surface area (Å²) in [5.41, 5.74) is 2.03. The molecule has 2 amide bonds. The van der Waals surface area contributed by atoms with Crippen LogP contribution in [0, 0.1) is 6.92 Å². The van der Waals surface area contributed by atoms with E-state index >= 15 is 0 Å². The lowest BCUT2D eigenvalue weighted by Gasteiger charge is -2.27. The molecule has 3 aromatic carbocycles. The third-order valence-electron chi connectivity index (χ3n) is 7.51. The molecule has 3 aromatic rings. The highest BCUT2D eigenvalue weighted by molar-refractivity contribution is 9.10. The van der Waals surface area contributed by atoms with Crippen LogP contribution in [-0.2, 0) is 19.6 Å². The van der Waals surface area contributed by atoms with Gasteiger partial charge >= 0.3 is 11.8 Å². The predicted octanol–water partition coefficient (Wildman–Crippen LogP) is 7.33. The van der Waals surface area contributed by atoms with Crippen molar-refractivity contribution in [2.24, 2.45) is 0 Å². The van der Waals surface area contributed by atoms with Gasteiger partial charge in [0.25, 0.3) is 0 Å². The number of sulfonamides is 1. The molecule has 42 heavy (non-hydrogen) atoms. The van der Waals surface area contributed by atoms with Gasteiger partial charge in [0.05, 0.1) is 16.6 Å². The average molecular weight is 695 g/mol. The largest absolute Gasteiger partial charge is 0.455 e. The number of amides is 2. The molecular weight excluding hydrogens is 665 g/mol.